The first-order chi connectivity index (χ1) is 21.0. The highest BCUT2D eigenvalue weighted by Crippen LogP contribution is 2.84. The number of likely N-dealkylation sites (N-methyl/N-ethyl adjacent to an activating group) is 1. The summed E-state index contributed by atoms with van der Waals surface area (Å²) in [7, 11) is -5.71. The Morgan fingerprint density at radius 3 is 1.35 bits per heavy atom. The van der Waals surface area contributed by atoms with Crippen molar-refractivity contribution in [3.05, 3.63) is 35.6 Å². The minimum Gasteiger partial charge on any atom is -0.379 e. The van der Waals surface area contributed by atoms with Crippen molar-refractivity contribution in [3.8, 4) is 0 Å². The Bertz CT molecular complexity index is 1210. The second kappa shape index (κ2) is 13.3. The van der Waals surface area contributed by atoms with E-state index in [4.69, 9.17) is 32.5 Å². The van der Waals surface area contributed by atoms with Crippen LogP contribution in [0.3, 0.4) is 0 Å². The summed E-state index contributed by atoms with van der Waals surface area (Å²) >= 11 is 0. The van der Waals surface area contributed by atoms with E-state index in [2.05, 4.69) is 35.1 Å². The number of morpholine rings is 4. The predicted molar refractivity (Wildman–Crippen MR) is 167 cm³/mol. The standard InChI is InChI=1S/C26H45FN9O4P3/c1-31-6-7-36(24-25-2-4-26(27)5-3-25)41(31)28-42(32-8-16-37-17-9-32,33-10-18-38-19-11-33)30-43(29-41,34-12-20-39-21-13-34)35-14-22-40-23-15-35/h2-5H,6-24H2,1H3. The molecule has 1 aromatic carbocycles. The number of ether oxygens (including phenoxy) is 4. The third-order valence-corrected chi connectivity index (χ3v) is 21.6. The Labute approximate surface area is 254 Å². The summed E-state index contributed by atoms with van der Waals surface area (Å²) in [6.45, 7) is 14.2. The predicted octanol–water partition coefficient (Wildman–Crippen LogP) is 3.75. The van der Waals surface area contributed by atoms with Gasteiger partial charge in [-0.3, -0.25) is 0 Å². The third kappa shape index (κ3) is 5.91. The van der Waals surface area contributed by atoms with Gasteiger partial charge in [0.15, 0.2) is 0 Å². The minimum atomic E-state index is -2.64. The Hall–Kier alpha value is -0.560. The van der Waals surface area contributed by atoms with Crippen LogP contribution < -0.4 is 0 Å². The summed E-state index contributed by atoms with van der Waals surface area (Å²) in [5.74, 6) is -0.216. The van der Waals surface area contributed by atoms with Gasteiger partial charge in [-0.1, -0.05) is 12.1 Å². The molecule has 6 heterocycles. The second-order valence-corrected chi connectivity index (χ2v) is 20.4. The molecule has 0 N–H and O–H groups in total. The molecule has 1 aromatic rings. The monoisotopic (exact) mass is 659 g/mol. The fourth-order valence-corrected chi connectivity index (χ4v) is 22.5. The average molecular weight is 660 g/mol. The molecule has 0 aromatic heterocycles. The van der Waals surface area contributed by atoms with Gasteiger partial charge in [0.1, 0.15) is 5.82 Å². The van der Waals surface area contributed by atoms with Gasteiger partial charge in [-0.25, -0.2) is 32.4 Å². The molecule has 6 aliphatic rings. The van der Waals surface area contributed by atoms with Crippen LogP contribution in [0.15, 0.2) is 37.8 Å². The fourth-order valence-electron chi connectivity index (χ4n) is 6.60. The van der Waals surface area contributed by atoms with E-state index in [0.29, 0.717) is 59.4 Å². The molecule has 1 atom stereocenters. The van der Waals surface area contributed by atoms with Gasteiger partial charge in [-0.15, -0.1) is 0 Å². The van der Waals surface area contributed by atoms with Crippen LogP contribution in [-0.4, -0.2) is 153 Å². The van der Waals surface area contributed by atoms with Crippen molar-refractivity contribution >= 4 is 22.5 Å². The summed E-state index contributed by atoms with van der Waals surface area (Å²) in [5.41, 5.74) is 1.08. The zero-order valence-corrected chi connectivity index (χ0v) is 27.8. The molecule has 7 rings (SSSR count). The van der Waals surface area contributed by atoms with Crippen LogP contribution in [0.5, 0.6) is 0 Å². The normalized spacial score (nSPS) is 31.9. The summed E-state index contributed by atoms with van der Waals surface area (Å²) in [5, 5.41) is 0. The minimum absolute atomic E-state index is 0.216. The first-order valence-corrected chi connectivity index (χ1v) is 20.3. The lowest BCUT2D eigenvalue weighted by atomic mass is 10.2. The lowest BCUT2D eigenvalue weighted by Crippen LogP contribution is -2.46. The smallest absolute Gasteiger partial charge is 0.221 e. The van der Waals surface area contributed by atoms with Crippen LogP contribution in [0.25, 0.3) is 0 Å². The number of halogens is 1. The van der Waals surface area contributed by atoms with Crippen molar-refractivity contribution in [1.82, 2.24) is 28.0 Å². The first kappa shape index (κ1) is 31.1. The van der Waals surface area contributed by atoms with Gasteiger partial charge in [0, 0.05) is 72.0 Å². The van der Waals surface area contributed by atoms with Gasteiger partial charge in [0.05, 0.1) is 52.9 Å². The van der Waals surface area contributed by atoms with E-state index >= 15 is 0 Å². The molecule has 13 nitrogen and oxygen atoms in total. The molecule has 1 unspecified atom stereocenters. The summed E-state index contributed by atoms with van der Waals surface area (Å²) in [4.78, 5) is 0. The van der Waals surface area contributed by atoms with Crippen molar-refractivity contribution in [2.75, 3.05) is 125 Å². The second-order valence-electron chi connectivity index (χ2n) is 11.5. The first-order valence-electron chi connectivity index (χ1n) is 15.5. The Morgan fingerprint density at radius 1 is 0.558 bits per heavy atom. The molecule has 5 fully saturated rings. The molecular formula is C26H45FN9O4P3. The molecule has 17 heteroatoms. The van der Waals surface area contributed by atoms with Crippen LogP contribution in [0, 0.1) is 5.82 Å². The summed E-state index contributed by atoms with van der Waals surface area (Å²) in [6.07, 6.45) is 0. The topological polar surface area (TPSA) is 93.4 Å². The Kier molecular flexibility index (Phi) is 9.59. The molecule has 0 bridgehead atoms. The number of rotatable bonds is 6. The van der Waals surface area contributed by atoms with Gasteiger partial charge in [-0.2, -0.15) is 13.5 Å². The Morgan fingerprint density at radius 2 is 0.930 bits per heavy atom. The van der Waals surface area contributed by atoms with Crippen LogP contribution in [0.2, 0.25) is 0 Å². The molecule has 43 heavy (non-hydrogen) atoms. The highest BCUT2D eigenvalue weighted by atomic mass is 31.3. The molecule has 240 valence electrons. The van der Waals surface area contributed by atoms with Gasteiger partial charge in [0.2, 0.25) is 22.5 Å². The molecule has 5 saturated heterocycles. The van der Waals surface area contributed by atoms with Crippen molar-refractivity contribution in [2.45, 2.75) is 6.54 Å². The van der Waals surface area contributed by atoms with E-state index in [0.717, 1.165) is 71.0 Å². The molecule has 1 spiro atoms. The highest BCUT2D eigenvalue weighted by molar-refractivity contribution is 7.83. The maximum absolute atomic E-state index is 13.9. The molecular weight excluding hydrogens is 614 g/mol. The zero-order chi connectivity index (χ0) is 29.3. The third-order valence-electron chi connectivity index (χ3n) is 8.99. The highest BCUT2D eigenvalue weighted by Gasteiger charge is 2.53. The van der Waals surface area contributed by atoms with E-state index in [1.165, 1.54) is 0 Å². The fraction of sp³-hybridized carbons (Fsp3) is 0.769. The van der Waals surface area contributed by atoms with Crippen molar-refractivity contribution in [2.24, 2.45) is 13.5 Å². The van der Waals surface area contributed by atoms with E-state index in [1.807, 2.05) is 12.1 Å². The van der Waals surface area contributed by atoms with E-state index in [1.54, 1.807) is 12.1 Å². The summed E-state index contributed by atoms with van der Waals surface area (Å²) < 4.78 is 71.0. The van der Waals surface area contributed by atoms with E-state index in [-0.39, 0.29) is 5.82 Å². The zero-order valence-electron chi connectivity index (χ0n) is 25.1. The van der Waals surface area contributed by atoms with Gasteiger partial charge < -0.3 is 18.9 Å². The van der Waals surface area contributed by atoms with Gasteiger partial charge in [-0.05, 0) is 24.7 Å². The van der Waals surface area contributed by atoms with Crippen molar-refractivity contribution in [1.29, 1.82) is 0 Å². The SMILES string of the molecule is CN1CCN(Cc2ccc(F)cc2)P12=NP(N1CCOCC1)(N1CCOCC1)=NP(N1CCOCC1)(N1CCOCC1)=N2. The molecule has 0 saturated carbocycles. The van der Waals surface area contributed by atoms with Crippen LogP contribution in [-0.2, 0) is 25.5 Å². The lowest BCUT2D eigenvalue weighted by molar-refractivity contribution is 0.0547. The van der Waals surface area contributed by atoms with Crippen molar-refractivity contribution < 1.29 is 23.3 Å². The molecule has 0 radical (unpaired) electrons. The Balaban J connectivity index is 1.49. The number of hydrogen-bond acceptors (Lipinski definition) is 13. The number of nitrogens with zero attached hydrogens (tertiary/aromatic N) is 9. The number of benzene rings is 1. The van der Waals surface area contributed by atoms with Crippen LogP contribution in [0.1, 0.15) is 5.56 Å². The van der Waals surface area contributed by atoms with E-state index in [9.17, 15) is 4.39 Å². The maximum atomic E-state index is 13.9. The molecule has 6 aliphatic heterocycles. The maximum Gasteiger partial charge on any atom is 0.221 e. The molecule has 0 aliphatic carbocycles. The largest absolute Gasteiger partial charge is 0.379 e. The van der Waals surface area contributed by atoms with Crippen LogP contribution >= 0.6 is 22.5 Å². The van der Waals surface area contributed by atoms with Gasteiger partial charge in [0.25, 0.3) is 0 Å². The van der Waals surface area contributed by atoms with E-state index < -0.39 is 22.5 Å². The summed E-state index contributed by atoms with van der Waals surface area (Å²) in [6, 6.07) is 6.92. The average Bonchev–Trinajstić information content (AvgIpc) is 3.35. The lowest BCUT2D eigenvalue weighted by Gasteiger charge is -2.52. The number of hydrogen-bond donors (Lipinski definition) is 0. The van der Waals surface area contributed by atoms with Crippen molar-refractivity contribution in [3.63, 3.8) is 0 Å². The van der Waals surface area contributed by atoms with Crippen LogP contribution in [0.4, 0.5) is 4.39 Å². The molecule has 0 amide bonds. The van der Waals surface area contributed by atoms with Gasteiger partial charge >= 0.3 is 0 Å². The quantitative estimate of drug-likeness (QED) is 0.421.